The maximum atomic E-state index is 10.4. The molecule has 104 valence electrons. The van der Waals surface area contributed by atoms with Gasteiger partial charge in [0.15, 0.2) is 11.5 Å². The lowest BCUT2D eigenvalue weighted by Gasteiger charge is -2.14. The third-order valence-corrected chi connectivity index (χ3v) is 3.43. The molecule has 0 saturated carbocycles. The smallest absolute Gasteiger partial charge is 0.231 e. The molecule has 1 unspecified atom stereocenters. The van der Waals surface area contributed by atoms with E-state index in [4.69, 9.17) is 25.8 Å². The summed E-state index contributed by atoms with van der Waals surface area (Å²) in [6.07, 6.45) is -0.782. The van der Waals surface area contributed by atoms with Crippen molar-refractivity contribution in [3.63, 3.8) is 0 Å². The molecule has 0 spiro atoms. The van der Waals surface area contributed by atoms with Crippen LogP contribution in [-0.2, 0) is 0 Å². The monoisotopic (exact) mass is 292 g/mol. The molecule has 1 heterocycles. The van der Waals surface area contributed by atoms with E-state index in [2.05, 4.69) is 0 Å². The molecule has 1 aliphatic rings. The van der Waals surface area contributed by atoms with E-state index in [-0.39, 0.29) is 6.79 Å². The molecule has 1 aliphatic heterocycles. The van der Waals surface area contributed by atoms with Gasteiger partial charge in [-0.1, -0.05) is 23.7 Å². The first-order chi connectivity index (χ1) is 9.69. The Balaban J connectivity index is 1.99. The zero-order chi connectivity index (χ0) is 14.1. The minimum atomic E-state index is -0.782. The summed E-state index contributed by atoms with van der Waals surface area (Å²) in [5.74, 6) is 1.69. The summed E-state index contributed by atoms with van der Waals surface area (Å²) in [5.41, 5.74) is 1.42. The van der Waals surface area contributed by atoms with Gasteiger partial charge in [0.2, 0.25) is 12.5 Å². The van der Waals surface area contributed by atoms with Crippen molar-refractivity contribution in [3.05, 3.63) is 52.5 Å². The van der Waals surface area contributed by atoms with Crippen LogP contribution in [0.15, 0.2) is 36.4 Å². The molecule has 3 rings (SSSR count). The lowest BCUT2D eigenvalue weighted by Crippen LogP contribution is -2.00. The SMILES string of the molecule is COc1cc(C(O)c2ccc(Cl)cc2)cc2c1OCO2. The predicted octanol–water partition coefficient (Wildman–Crippen LogP) is 3.16. The predicted molar refractivity (Wildman–Crippen MR) is 74.6 cm³/mol. The highest BCUT2D eigenvalue weighted by Gasteiger charge is 2.23. The number of hydrogen-bond acceptors (Lipinski definition) is 4. The highest BCUT2D eigenvalue weighted by Crippen LogP contribution is 2.43. The number of aliphatic hydroxyl groups is 1. The van der Waals surface area contributed by atoms with Crippen molar-refractivity contribution in [2.45, 2.75) is 6.10 Å². The molecule has 0 amide bonds. The number of ether oxygens (including phenoxy) is 3. The van der Waals surface area contributed by atoms with Gasteiger partial charge in [0, 0.05) is 5.02 Å². The second-order valence-electron chi connectivity index (χ2n) is 4.41. The molecule has 0 radical (unpaired) electrons. The summed E-state index contributed by atoms with van der Waals surface area (Å²) in [5, 5.41) is 11.1. The molecule has 1 atom stereocenters. The largest absolute Gasteiger partial charge is 0.493 e. The summed E-state index contributed by atoms with van der Waals surface area (Å²) < 4.78 is 15.9. The standard InChI is InChI=1S/C15H13ClO4/c1-18-12-6-10(7-13-15(12)20-8-19-13)14(17)9-2-4-11(16)5-3-9/h2-7,14,17H,8H2,1H3. The highest BCUT2D eigenvalue weighted by atomic mass is 35.5. The minimum Gasteiger partial charge on any atom is -0.493 e. The van der Waals surface area contributed by atoms with Crippen molar-refractivity contribution < 1.29 is 19.3 Å². The number of hydrogen-bond donors (Lipinski definition) is 1. The summed E-state index contributed by atoms with van der Waals surface area (Å²) in [4.78, 5) is 0. The normalized spacial score (nSPS) is 14.2. The first kappa shape index (κ1) is 13.1. The van der Waals surface area contributed by atoms with Crippen molar-refractivity contribution in [1.82, 2.24) is 0 Å². The fourth-order valence-corrected chi connectivity index (χ4v) is 2.27. The van der Waals surface area contributed by atoms with Crippen LogP contribution in [0, 0.1) is 0 Å². The van der Waals surface area contributed by atoms with Crippen LogP contribution < -0.4 is 14.2 Å². The lowest BCUT2D eigenvalue weighted by molar-refractivity contribution is 0.171. The number of methoxy groups -OCH3 is 1. The zero-order valence-electron chi connectivity index (χ0n) is 10.8. The topological polar surface area (TPSA) is 47.9 Å². The van der Waals surface area contributed by atoms with Crippen molar-refractivity contribution in [2.24, 2.45) is 0 Å². The highest BCUT2D eigenvalue weighted by molar-refractivity contribution is 6.30. The number of aliphatic hydroxyl groups excluding tert-OH is 1. The van der Waals surface area contributed by atoms with E-state index < -0.39 is 6.10 Å². The van der Waals surface area contributed by atoms with Crippen LogP contribution in [0.4, 0.5) is 0 Å². The Labute approximate surface area is 121 Å². The van der Waals surface area contributed by atoms with E-state index in [1.54, 1.807) is 43.5 Å². The van der Waals surface area contributed by atoms with Gasteiger partial charge in [0.1, 0.15) is 6.10 Å². The van der Waals surface area contributed by atoms with Crippen molar-refractivity contribution >= 4 is 11.6 Å². The van der Waals surface area contributed by atoms with Crippen LogP contribution >= 0.6 is 11.6 Å². The van der Waals surface area contributed by atoms with Gasteiger partial charge in [-0.15, -0.1) is 0 Å². The van der Waals surface area contributed by atoms with Gasteiger partial charge in [-0.2, -0.15) is 0 Å². The molecule has 5 heteroatoms. The molecule has 2 aromatic rings. The average Bonchev–Trinajstić information content (AvgIpc) is 2.94. The number of fused-ring (bicyclic) bond motifs is 1. The van der Waals surface area contributed by atoms with Crippen molar-refractivity contribution in [1.29, 1.82) is 0 Å². The van der Waals surface area contributed by atoms with Gasteiger partial charge in [-0.3, -0.25) is 0 Å². The summed E-state index contributed by atoms with van der Waals surface area (Å²) in [7, 11) is 1.55. The zero-order valence-corrected chi connectivity index (χ0v) is 11.6. The van der Waals surface area contributed by atoms with E-state index in [1.165, 1.54) is 0 Å². The molecule has 2 aromatic carbocycles. The molecule has 0 saturated heterocycles. The second kappa shape index (κ2) is 5.23. The fourth-order valence-electron chi connectivity index (χ4n) is 2.15. The van der Waals surface area contributed by atoms with Crippen LogP contribution in [0.1, 0.15) is 17.2 Å². The molecule has 0 aliphatic carbocycles. The number of rotatable bonds is 3. The van der Waals surface area contributed by atoms with E-state index in [9.17, 15) is 5.11 Å². The number of halogens is 1. The lowest BCUT2D eigenvalue weighted by atomic mass is 10.0. The Morgan fingerprint density at radius 3 is 2.60 bits per heavy atom. The third-order valence-electron chi connectivity index (χ3n) is 3.18. The third kappa shape index (κ3) is 2.28. The average molecular weight is 293 g/mol. The van der Waals surface area contributed by atoms with E-state index >= 15 is 0 Å². The van der Waals surface area contributed by atoms with Crippen LogP contribution in [0.3, 0.4) is 0 Å². The van der Waals surface area contributed by atoms with Crippen molar-refractivity contribution in [2.75, 3.05) is 13.9 Å². The van der Waals surface area contributed by atoms with Crippen LogP contribution in [0.5, 0.6) is 17.2 Å². The fraction of sp³-hybridized carbons (Fsp3) is 0.200. The second-order valence-corrected chi connectivity index (χ2v) is 4.85. The van der Waals surface area contributed by atoms with Gasteiger partial charge >= 0.3 is 0 Å². The molecular formula is C15H13ClO4. The first-order valence-corrected chi connectivity index (χ1v) is 6.48. The molecule has 0 bridgehead atoms. The Kier molecular flexibility index (Phi) is 3.42. The molecular weight excluding hydrogens is 280 g/mol. The maximum Gasteiger partial charge on any atom is 0.231 e. The number of benzene rings is 2. The summed E-state index contributed by atoms with van der Waals surface area (Å²) in [6.45, 7) is 0.159. The molecule has 0 fully saturated rings. The Bertz CT molecular complexity index is 625. The molecule has 4 nitrogen and oxygen atoms in total. The van der Waals surface area contributed by atoms with Gasteiger partial charge in [-0.25, -0.2) is 0 Å². The molecule has 1 N–H and O–H groups in total. The summed E-state index contributed by atoms with van der Waals surface area (Å²) >= 11 is 5.85. The van der Waals surface area contributed by atoms with Gasteiger partial charge in [-0.05, 0) is 35.4 Å². The first-order valence-electron chi connectivity index (χ1n) is 6.10. The van der Waals surface area contributed by atoms with E-state index in [1.807, 2.05) is 0 Å². The summed E-state index contributed by atoms with van der Waals surface area (Å²) in [6, 6.07) is 10.5. The van der Waals surface area contributed by atoms with Gasteiger partial charge in [0.05, 0.1) is 7.11 Å². The Hall–Kier alpha value is -1.91. The van der Waals surface area contributed by atoms with Crippen LogP contribution in [0.25, 0.3) is 0 Å². The maximum absolute atomic E-state index is 10.4. The van der Waals surface area contributed by atoms with E-state index in [0.29, 0.717) is 27.8 Å². The molecule has 20 heavy (non-hydrogen) atoms. The Morgan fingerprint density at radius 1 is 1.15 bits per heavy atom. The Morgan fingerprint density at radius 2 is 1.90 bits per heavy atom. The minimum absolute atomic E-state index is 0.159. The van der Waals surface area contributed by atoms with Crippen LogP contribution in [0.2, 0.25) is 5.02 Å². The van der Waals surface area contributed by atoms with Gasteiger partial charge in [0.25, 0.3) is 0 Å². The quantitative estimate of drug-likeness (QED) is 0.944. The van der Waals surface area contributed by atoms with Crippen LogP contribution in [-0.4, -0.2) is 19.0 Å². The molecule has 0 aromatic heterocycles. The van der Waals surface area contributed by atoms with Gasteiger partial charge < -0.3 is 19.3 Å². The van der Waals surface area contributed by atoms with Crippen molar-refractivity contribution in [3.8, 4) is 17.2 Å². The van der Waals surface area contributed by atoms with E-state index in [0.717, 1.165) is 5.56 Å².